The molecule has 1 heterocycles. The number of nitrogens with zero attached hydrogens (tertiary/aromatic N) is 2. The maximum Gasteiger partial charge on any atom is 0.147 e. The average Bonchev–Trinajstić information content (AvgIpc) is 3.00. The van der Waals surface area contributed by atoms with E-state index in [1.807, 2.05) is 34.9 Å². The van der Waals surface area contributed by atoms with E-state index in [1.54, 1.807) is 44.4 Å². The molecule has 4 heteroatoms. The van der Waals surface area contributed by atoms with Gasteiger partial charge in [-0.15, -0.1) is 0 Å². The Labute approximate surface area is 135 Å². The molecule has 0 aliphatic heterocycles. The van der Waals surface area contributed by atoms with E-state index in [1.165, 1.54) is 0 Å². The molecule has 1 unspecified atom stereocenters. The summed E-state index contributed by atoms with van der Waals surface area (Å²) in [5.74, 6) is 0.0256. The molecule has 1 aromatic heterocycles. The van der Waals surface area contributed by atoms with Crippen LogP contribution in [0.15, 0.2) is 60.9 Å². The number of imidazole rings is 1. The zero-order chi connectivity index (χ0) is 16.4. The first-order chi connectivity index (χ1) is 11.0. The minimum absolute atomic E-state index is 0.234. The summed E-state index contributed by atoms with van der Waals surface area (Å²) >= 11 is 0. The second-order valence-electron chi connectivity index (χ2n) is 5.87. The first-order valence-electron chi connectivity index (χ1n) is 7.53. The van der Waals surface area contributed by atoms with E-state index in [0.29, 0.717) is 17.9 Å². The van der Waals surface area contributed by atoms with Crippen molar-refractivity contribution in [1.82, 2.24) is 9.55 Å². The molecule has 0 aliphatic rings. The van der Waals surface area contributed by atoms with Crippen molar-refractivity contribution < 1.29 is 9.50 Å². The molecule has 0 saturated heterocycles. The Hall–Kier alpha value is -2.46. The zero-order valence-corrected chi connectivity index (χ0v) is 13.2. The van der Waals surface area contributed by atoms with Gasteiger partial charge in [0.2, 0.25) is 0 Å². The first kappa shape index (κ1) is 15.4. The van der Waals surface area contributed by atoms with Crippen LogP contribution in [-0.4, -0.2) is 14.7 Å². The highest BCUT2D eigenvalue weighted by Crippen LogP contribution is 2.31. The molecule has 0 aliphatic carbocycles. The quantitative estimate of drug-likeness (QED) is 0.799. The van der Waals surface area contributed by atoms with E-state index < -0.39 is 11.4 Å². The number of benzene rings is 2. The van der Waals surface area contributed by atoms with Crippen LogP contribution in [0.2, 0.25) is 0 Å². The number of aryl methyl sites for hydroxylation is 1. The highest BCUT2D eigenvalue weighted by Gasteiger charge is 2.33. The van der Waals surface area contributed by atoms with Gasteiger partial charge in [-0.3, -0.25) is 0 Å². The second-order valence-corrected chi connectivity index (χ2v) is 5.87. The molecule has 0 spiro atoms. The standard InChI is InChI=1S/C19H19FN2O/c1-14-7-6-10-16(17(14)20)19(2,23)18-21-11-12-22(18)13-15-8-4-3-5-9-15/h3-12,23H,13H2,1-2H3. The maximum atomic E-state index is 14.5. The van der Waals surface area contributed by atoms with Gasteiger partial charge in [0.25, 0.3) is 0 Å². The monoisotopic (exact) mass is 310 g/mol. The molecule has 118 valence electrons. The van der Waals surface area contributed by atoms with Crippen molar-refractivity contribution in [3.63, 3.8) is 0 Å². The average molecular weight is 310 g/mol. The SMILES string of the molecule is Cc1cccc(C(C)(O)c2nccn2Cc2ccccc2)c1F. The van der Waals surface area contributed by atoms with Gasteiger partial charge in [-0.1, -0.05) is 48.5 Å². The highest BCUT2D eigenvalue weighted by atomic mass is 19.1. The summed E-state index contributed by atoms with van der Waals surface area (Å²) < 4.78 is 16.3. The molecule has 0 radical (unpaired) electrons. The Morgan fingerprint density at radius 3 is 2.61 bits per heavy atom. The summed E-state index contributed by atoms with van der Waals surface area (Å²) in [7, 11) is 0. The summed E-state index contributed by atoms with van der Waals surface area (Å²) in [5.41, 5.74) is 0.322. The fourth-order valence-corrected chi connectivity index (χ4v) is 2.79. The highest BCUT2D eigenvalue weighted by molar-refractivity contribution is 5.34. The summed E-state index contributed by atoms with van der Waals surface area (Å²) in [6.07, 6.45) is 3.42. The zero-order valence-electron chi connectivity index (χ0n) is 13.2. The molecule has 3 rings (SSSR count). The van der Waals surface area contributed by atoms with Gasteiger partial charge in [0.1, 0.15) is 17.2 Å². The van der Waals surface area contributed by atoms with Gasteiger partial charge in [0, 0.05) is 24.5 Å². The maximum absolute atomic E-state index is 14.5. The van der Waals surface area contributed by atoms with E-state index in [-0.39, 0.29) is 5.56 Å². The second kappa shape index (κ2) is 5.97. The topological polar surface area (TPSA) is 38.1 Å². The van der Waals surface area contributed by atoms with Crippen molar-refractivity contribution in [1.29, 1.82) is 0 Å². The van der Waals surface area contributed by atoms with Gasteiger partial charge < -0.3 is 9.67 Å². The van der Waals surface area contributed by atoms with Crippen molar-refractivity contribution in [2.75, 3.05) is 0 Å². The third-order valence-corrected chi connectivity index (χ3v) is 4.06. The summed E-state index contributed by atoms with van der Waals surface area (Å²) in [6, 6.07) is 14.9. The fourth-order valence-electron chi connectivity index (χ4n) is 2.79. The van der Waals surface area contributed by atoms with Gasteiger partial charge in [-0.2, -0.15) is 0 Å². The van der Waals surface area contributed by atoms with Crippen LogP contribution in [0.5, 0.6) is 0 Å². The predicted molar refractivity (Wildman–Crippen MR) is 87.6 cm³/mol. The molecule has 2 aromatic carbocycles. The minimum Gasteiger partial charge on any atom is -0.377 e. The fraction of sp³-hybridized carbons (Fsp3) is 0.211. The molecule has 0 amide bonds. The van der Waals surface area contributed by atoms with Crippen LogP contribution < -0.4 is 0 Å². The van der Waals surface area contributed by atoms with E-state index >= 15 is 0 Å². The minimum atomic E-state index is -1.51. The van der Waals surface area contributed by atoms with Crippen LogP contribution >= 0.6 is 0 Å². The number of aliphatic hydroxyl groups is 1. The number of rotatable bonds is 4. The molecule has 1 atom stereocenters. The van der Waals surface area contributed by atoms with Crippen molar-refractivity contribution in [3.8, 4) is 0 Å². The molecule has 0 saturated carbocycles. The van der Waals surface area contributed by atoms with Gasteiger partial charge in [-0.05, 0) is 25.0 Å². The van der Waals surface area contributed by atoms with Crippen LogP contribution in [0.3, 0.4) is 0 Å². The van der Waals surface area contributed by atoms with Crippen molar-refractivity contribution in [2.24, 2.45) is 0 Å². The number of hydrogen-bond donors (Lipinski definition) is 1. The lowest BCUT2D eigenvalue weighted by molar-refractivity contribution is 0.0843. The number of aromatic nitrogens is 2. The number of hydrogen-bond acceptors (Lipinski definition) is 2. The Kier molecular flexibility index (Phi) is 4.01. The van der Waals surface area contributed by atoms with Crippen molar-refractivity contribution >= 4 is 0 Å². The summed E-state index contributed by atoms with van der Waals surface area (Å²) in [4.78, 5) is 4.28. The van der Waals surface area contributed by atoms with Crippen LogP contribution in [0.1, 0.15) is 29.4 Å². The van der Waals surface area contributed by atoms with E-state index in [0.717, 1.165) is 5.56 Å². The molecule has 23 heavy (non-hydrogen) atoms. The van der Waals surface area contributed by atoms with Crippen LogP contribution in [-0.2, 0) is 12.1 Å². The van der Waals surface area contributed by atoms with Crippen molar-refractivity contribution in [2.45, 2.75) is 26.0 Å². The van der Waals surface area contributed by atoms with Crippen LogP contribution in [0.25, 0.3) is 0 Å². The van der Waals surface area contributed by atoms with Gasteiger partial charge >= 0.3 is 0 Å². The Bertz CT molecular complexity index is 809. The lowest BCUT2D eigenvalue weighted by atomic mass is 9.93. The van der Waals surface area contributed by atoms with Crippen molar-refractivity contribution in [3.05, 3.63) is 89.3 Å². The molecule has 0 bridgehead atoms. The predicted octanol–water partition coefficient (Wildman–Crippen LogP) is 3.63. The summed E-state index contributed by atoms with van der Waals surface area (Å²) in [6.45, 7) is 3.83. The Balaban J connectivity index is 2.01. The molecule has 1 N–H and O–H groups in total. The molecular weight excluding hydrogens is 291 g/mol. The molecule has 0 fully saturated rings. The first-order valence-corrected chi connectivity index (χ1v) is 7.53. The van der Waals surface area contributed by atoms with Gasteiger partial charge in [0.15, 0.2) is 0 Å². The Morgan fingerprint density at radius 1 is 1.13 bits per heavy atom. The number of halogens is 1. The smallest absolute Gasteiger partial charge is 0.147 e. The van der Waals surface area contributed by atoms with Gasteiger partial charge in [0.05, 0.1) is 0 Å². The largest absolute Gasteiger partial charge is 0.377 e. The lowest BCUT2D eigenvalue weighted by Gasteiger charge is -2.25. The van der Waals surface area contributed by atoms with Crippen LogP contribution in [0.4, 0.5) is 4.39 Å². The van der Waals surface area contributed by atoms with E-state index in [2.05, 4.69) is 4.98 Å². The van der Waals surface area contributed by atoms with E-state index in [9.17, 15) is 9.50 Å². The van der Waals surface area contributed by atoms with E-state index in [4.69, 9.17) is 0 Å². The van der Waals surface area contributed by atoms with Crippen LogP contribution in [0, 0.1) is 12.7 Å². The molecule has 3 nitrogen and oxygen atoms in total. The third-order valence-electron chi connectivity index (χ3n) is 4.06. The third kappa shape index (κ3) is 2.90. The lowest BCUT2D eigenvalue weighted by Crippen LogP contribution is -2.29. The normalized spacial score (nSPS) is 13.7. The Morgan fingerprint density at radius 2 is 1.87 bits per heavy atom. The van der Waals surface area contributed by atoms with Gasteiger partial charge in [-0.25, -0.2) is 9.37 Å². The molecule has 3 aromatic rings. The molecular formula is C19H19FN2O. The summed E-state index contributed by atoms with van der Waals surface area (Å²) in [5, 5.41) is 11.0.